The van der Waals surface area contributed by atoms with Gasteiger partial charge < -0.3 is 10.6 Å². The number of hydrogen-bond donors (Lipinski definition) is 3. The van der Waals surface area contributed by atoms with Gasteiger partial charge in [0.25, 0.3) is 0 Å². The van der Waals surface area contributed by atoms with Crippen molar-refractivity contribution in [2.24, 2.45) is 0 Å². The molecule has 0 saturated heterocycles. The molecule has 1 amide bonds. The van der Waals surface area contributed by atoms with E-state index in [1.54, 1.807) is 13.2 Å². The Morgan fingerprint density at radius 1 is 1.69 bits per heavy atom. The van der Waals surface area contributed by atoms with Crippen molar-refractivity contribution in [3.8, 4) is 0 Å². The number of H-pyrrole nitrogens is 1. The molecule has 0 aliphatic carbocycles. The lowest BCUT2D eigenvalue weighted by Crippen LogP contribution is -2.24. The van der Waals surface area contributed by atoms with Gasteiger partial charge in [0.1, 0.15) is 0 Å². The van der Waals surface area contributed by atoms with Gasteiger partial charge in [0.15, 0.2) is 0 Å². The van der Waals surface area contributed by atoms with E-state index in [0.717, 1.165) is 12.2 Å². The summed E-state index contributed by atoms with van der Waals surface area (Å²) in [5.41, 5.74) is 1.02. The summed E-state index contributed by atoms with van der Waals surface area (Å²) in [7, 11) is 1.64. The minimum atomic E-state index is 0.0529. The molecule has 0 atom stereocenters. The van der Waals surface area contributed by atoms with Gasteiger partial charge in [-0.25, -0.2) is 0 Å². The van der Waals surface area contributed by atoms with E-state index in [9.17, 15) is 4.79 Å². The summed E-state index contributed by atoms with van der Waals surface area (Å²) in [6.45, 7) is 1.40. The zero-order valence-corrected chi connectivity index (χ0v) is 7.63. The van der Waals surface area contributed by atoms with E-state index in [2.05, 4.69) is 20.8 Å². The van der Waals surface area contributed by atoms with Crippen LogP contribution in [0.15, 0.2) is 12.3 Å². The molecule has 0 fully saturated rings. The molecule has 13 heavy (non-hydrogen) atoms. The second kappa shape index (κ2) is 5.31. The van der Waals surface area contributed by atoms with Gasteiger partial charge in [0.2, 0.25) is 5.91 Å². The first-order chi connectivity index (χ1) is 6.33. The first-order valence-electron chi connectivity index (χ1n) is 4.22. The quantitative estimate of drug-likeness (QED) is 0.544. The number of aromatic amines is 1. The van der Waals surface area contributed by atoms with Gasteiger partial charge in [-0.3, -0.25) is 9.89 Å². The molecule has 1 aromatic heterocycles. The van der Waals surface area contributed by atoms with Crippen molar-refractivity contribution in [1.29, 1.82) is 0 Å². The lowest BCUT2D eigenvalue weighted by Gasteiger charge is -2.01. The number of carbonyl (C=O) groups excluding carboxylic acids is 1. The number of nitrogens with one attached hydrogen (secondary N) is 3. The standard InChI is InChI=1S/C8H14N4O/c1-9-8(13)3-4-10-6-7-2-5-11-12-7/h2,5,10H,3-4,6H2,1H3,(H,9,13)(H,11,12). The van der Waals surface area contributed by atoms with E-state index in [-0.39, 0.29) is 5.91 Å². The molecule has 1 heterocycles. The number of carbonyl (C=O) groups is 1. The SMILES string of the molecule is CNC(=O)CCNCc1ccn[nH]1. The molecule has 0 saturated carbocycles. The number of hydrogen-bond acceptors (Lipinski definition) is 3. The second-order valence-corrected chi connectivity index (χ2v) is 2.68. The number of amides is 1. The van der Waals surface area contributed by atoms with Crippen LogP contribution in [0.25, 0.3) is 0 Å². The van der Waals surface area contributed by atoms with Crippen LogP contribution in [-0.2, 0) is 11.3 Å². The lowest BCUT2D eigenvalue weighted by atomic mass is 10.4. The topological polar surface area (TPSA) is 69.8 Å². The number of rotatable bonds is 5. The fourth-order valence-electron chi connectivity index (χ4n) is 0.933. The van der Waals surface area contributed by atoms with Gasteiger partial charge in [0, 0.05) is 38.4 Å². The normalized spacial score (nSPS) is 9.92. The van der Waals surface area contributed by atoms with Crippen molar-refractivity contribution in [1.82, 2.24) is 20.8 Å². The Kier molecular flexibility index (Phi) is 3.98. The van der Waals surface area contributed by atoms with Crippen LogP contribution in [0.5, 0.6) is 0 Å². The Morgan fingerprint density at radius 3 is 3.15 bits per heavy atom. The fourth-order valence-corrected chi connectivity index (χ4v) is 0.933. The molecule has 0 aromatic carbocycles. The van der Waals surface area contributed by atoms with E-state index in [0.29, 0.717) is 13.0 Å². The van der Waals surface area contributed by atoms with Gasteiger partial charge in [-0.15, -0.1) is 0 Å². The molecule has 0 aliphatic rings. The van der Waals surface area contributed by atoms with E-state index < -0.39 is 0 Å². The third-order valence-electron chi connectivity index (χ3n) is 1.68. The van der Waals surface area contributed by atoms with E-state index in [1.165, 1.54) is 0 Å². The maximum absolute atomic E-state index is 10.8. The summed E-state index contributed by atoms with van der Waals surface area (Å²) < 4.78 is 0. The Morgan fingerprint density at radius 2 is 2.54 bits per heavy atom. The third kappa shape index (κ3) is 3.71. The maximum Gasteiger partial charge on any atom is 0.221 e. The van der Waals surface area contributed by atoms with Gasteiger partial charge in [0.05, 0.1) is 0 Å². The van der Waals surface area contributed by atoms with Crippen molar-refractivity contribution in [3.05, 3.63) is 18.0 Å². The summed E-state index contributed by atoms with van der Waals surface area (Å²) in [6, 6.07) is 1.90. The minimum absolute atomic E-state index is 0.0529. The van der Waals surface area contributed by atoms with Crippen LogP contribution in [0, 0.1) is 0 Å². The summed E-state index contributed by atoms with van der Waals surface area (Å²) in [6.07, 6.45) is 2.21. The van der Waals surface area contributed by atoms with E-state index in [1.807, 2.05) is 6.07 Å². The zero-order valence-electron chi connectivity index (χ0n) is 7.63. The smallest absolute Gasteiger partial charge is 0.221 e. The van der Waals surface area contributed by atoms with Crippen LogP contribution in [0.2, 0.25) is 0 Å². The molecule has 0 radical (unpaired) electrons. The van der Waals surface area contributed by atoms with E-state index >= 15 is 0 Å². The molecular weight excluding hydrogens is 168 g/mol. The molecule has 0 unspecified atom stereocenters. The summed E-state index contributed by atoms with van der Waals surface area (Å²) in [5.74, 6) is 0.0529. The van der Waals surface area contributed by atoms with Crippen LogP contribution in [-0.4, -0.2) is 29.7 Å². The molecule has 5 nitrogen and oxygen atoms in total. The molecule has 72 valence electrons. The average molecular weight is 182 g/mol. The maximum atomic E-state index is 10.8. The first kappa shape index (κ1) is 9.73. The predicted molar refractivity (Wildman–Crippen MR) is 49.0 cm³/mol. The zero-order chi connectivity index (χ0) is 9.52. The second-order valence-electron chi connectivity index (χ2n) is 2.68. The summed E-state index contributed by atoms with van der Waals surface area (Å²) in [4.78, 5) is 10.8. The Hall–Kier alpha value is -1.36. The third-order valence-corrected chi connectivity index (χ3v) is 1.68. The van der Waals surface area contributed by atoms with Gasteiger partial charge in [-0.05, 0) is 6.07 Å². The highest BCUT2D eigenvalue weighted by Gasteiger charge is 1.97. The van der Waals surface area contributed by atoms with Gasteiger partial charge in [-0.2, -0.15) is 5.10 Å². The van der Waals surface area contributed by atoms with Crippen LogP contribution < -0.4 is 10.6 Å². The highest BCUT2D eigenvalue weighted by Crippen LogP contribution is 1.89. The molecule has 0 bridgehead atoms. The van der Waals surface area contributed by atoms with Crippen molar-refractivity contribution in [2.75, 3.05) is 13.6 Å². The molecular formula is C8H14N4O. The largest absolute Gasteiger partial charge is 0.359 e. The molecule has 5 heteroatoms. The van der Waals surface area contributed by atoms with Crippen LogP contribution in [0.3, 0.4) is 0 Å². The van der Waals surface area contributed by atoms with Crippen LogP contribution in [0.1, 0.15) is 12.1 Å². The lowest BCUT2D eigenvalue weighted by molar-refractivity contribution is -0.120. The summed E-state index contributed by atoms with van der Waals surface area (Å²) >= 11 is 0. The molecule has 1 rings (SSSR count). The Bertz CT molecular complexity index is 245. The fraction of sp³-hybridized carbons (Fsp3) is 0.500. The van der Waals surface area contributed by atoms with Gasteiger partial charge in [-0.1, -0.05) is 0 Å². The van der Waals surface area contributed by atoms with Crippen LogP contribution in [0.4, 0.5) is 0 Å². The van der Waals surface area contributed by atoms with Crippen molar-refractivity contribution >= 4 is 5.91 Å². The average Bonchev–Trinajstić information content (AvgIpc) is 2.64. The molecule has 0 spiro atoms. The highest BCUT2D eigenvalue weighted by atomic mass is 16.1. The van der Waals surface area contributed by atoms with Gasteiger partial charge >= 0.3 is 0 Å². The highest BCUT2D eigenvalue weighted by molar-refractivity contribution is 5.75. The molecule has 3 N–H and O–H groups in total. The first-order valence-corrected chi connectivity index (χ1v) is 4.22. The molecule has 1 aromatic rings. The van der Waals surface area contributed by atoms with E-state index in [4.69, 9.17) is 0 Å². The Balaban J connectivity index is 2.05. The molecule has 0 aliphatic heterocycles. The van der Waals surface area contributed by atoms with Crippen molar-refractivity contribution in [3.63, 3.8) is 0 Å². The number of aromatic nitrogens is 2. The number of nitrogens with zero attached hydrogens (tertiary/aromatic N) is 1. The van der Waals surface area contributed by atoms with Crippen molar-refractivity contribution < 1.29 is 4.79 Å². The Labute approximate surface area is 76.9 Å². The monoisotopic (exact) mass is 182 g/mol. The summed E-state index contributed by atoms with van der Waals surface area (Å²) in [5, 5.41) is 12.3. The minimum Gasteiger partial charge on any atom is -0.359 e. The van der Waals surface area contributed by atoms with Crippen LogP contribution >= 0.6 is 0 Å². The predicted octanol–water partition coefficient (Wildman–Crippen LogP) is -0.365. The van der Waals surface area contributed by atoms with Crippen molar-refractivity contribution in [2.45, 2.75) is 13.0 Å².